The number of hydrogen-bond acceptors (Lipinski definition) is 6. The molecule has 3 aromatic heterocycles. The van der Waals surface area contributed by atoms with Crippen LogP contribution in [0.4, 0.5) is 23.8 Å². The van der Waals surface area contributed by atoms with E-state index in [2.05, 4.69) is 19.9 Å². The molecule has 0 bridgehead atoms. The van der Waals surface area contributed by atoms with Gasteiger partial charge in [0.15, 0.2) is 5.65 Å². The highest BCUT2D eigenvalue weighted by molar-refractivity contribution is 6.09. The number of aromatic amines is 1. The molecule has 1 saturated heterocycles. The van der Waals surface area contributed by atoms with Crippen LogP contribution < -0.4 is 4.90 Å². The first-order valence-electron chi connectivity index (χ1n) is 9.05. The molecule has 3 aromatic rings. The summed E-state index contributed by atoms with van der Waals surface area (Å²) in [6, 6.07) is 1.86. The van der Waals surface area contributed by atoms with E-state index in [4.69, 9.17) is 4.74 Å². The number of pyridine rings is 1. The number of rotatable bonds is 3. The average molecular weight is 408 g/mol. The highest BCUT2D eigenvalue weighted by Gasteiger charge is 2.34. The van der Waals surface area contributed by atoms with Crippen molar-refractivity contribution in [2.45, 2.75) is 25.6 Å². The quantitative estimate of drug-likeness (QED) is 0.717. The van der Waals surface area contributed by atoms with E-state index in [9.17, 15) is 18.0 Å². The molecule has 1 aliphatic rings. The van der Waals surface area contributed by atoms with E-state index >= 15 is 0 Å². The normalized spacial score (nSPS) is 17.3. The second-order valence-corrected chi connectivity index (χ2v) is 7.09. The van der Waals surface area contributed by atoms with Gasteiger partial charge in [-0.05, 0) is 13.0 Å². The molecule has 4 rings (SSSR count). The molecule has 1 unspecified atom stereocenters. The zero-order valence-electron chi connectivity index (χ0n) is 15.8. The fourth-order valence-electron chi connectivity index (χ4n) is 3.54. The number of nitrogens with one attached hydrogen (secondary N) is 1. The smallest absolute Gasteiger partial charge is 0.410 e. The standard InChI is InChI=1S/C18H19F3N6O2/c1-10-24-13-7-23-15-12(3-5-22-15)14(13)16(25-10)27-6-4-11(8-27)29-17(28)26(2)9-18(19,20)21/h3,5,7,11H,4,6,8-9H2,1-2H3,(H,24,25). The van der Waals surface area contributed by atoms with Crippen molar-refractivity contribution < 1.29 is 22.7 Å². The number of ether oxygens (including phenoxy) is 1. The second kappa shape index (κ2) is 7.05. The summed E-state index contributed by atoms with van der Waals surface area (Å²) in [6.07, 6.45) is -2.11. The molecule has 11 heteroatoms. The summed E-state index contributed by atoms with van der Waals surface area (Å²) < 4.78 is 42.7. The van der Waals surface area contributed by atoms with Gasteiger partial charge in [0.1, 0.15) is 24.3 Å². The predicted molar refractivity (Wildman–Crippen MR) is 99.7 cm³/mol. The van der Waals surface area contributed by atoms with Gasteiger partial charge >= 0.3 is 12.3 Å². The van der Waals surface area contributed by atoms with Gasteiger partial charge in [-0.15, -0.1) is 0 Å². The van der Waals surface area contributed by atoms with Crippen LogP contribution in [0.1, 0.15) is 12.2 Å². The Labute approximate surface area is 163 Å². The highest BCUT2D eigenvalue weighted by Crippen LogP contribution is 2.32. The van der Waals surface area contributed by atoms with Gasteiger partial charge in [-0.1, -0.05) is 0 Å². The molecule has 0 saturated carbocycles. The zero-order chi connectivity index (χ0) is 20.8. The van der Waals surface area contributed by atoms with Crippen LogP contribution in [0.2, 0.25) is 0 Å². The molecule has 0 aromatic carbocycles. The predicted octanol–water partition coefficient (Wildman–Crippen LogP) is 3.02. The Kier molecular flexibility index (Phi) is 4.67. The van der Waals surface area contributed by atoms with Crippen LogP contribution in [-0.2, 0) is 4.74 Å². The topological polar surface area (TPSA) is 87.2 Å². The van der Waals surface area contributed by atoms with Crippen LogP contribution in [0.15, 0.2) is 18.5 Å². The first-order chi connectivity index (χ1) is 13.7. The van der Waals surface area contributed by atoms with E-state index in [-0.39, 0.29) is 0 Å². The van der Waals surface area contributed by atoms with E-state index in [1.54, 1.807) is 12.4 Å². The minimum atomic E-state index is -4.47. The molecule has 1 fully saturated rings. The van der Waals surface area contributed by atoms with Crippen LogP contribution in [0.25, 0.3) is 21.9 Å². The van der Waals surface area contributed by atoms with Gasteiger partial charge in [-0.3, -0.25) is 0 Å². The molecular weight excluding hydrogens is 389 g/mol. The Morgan fingerprint density at radius 3 is 2.97 bits per heavy atom. The van der Waals surface area contributed by atoms with Crippen molar-refractivity contribution >= 4 is 33.8 Å². The molecule has 0 aliphatic carbocycles. The first kappa shape index (κ1) is 19.2. The number of alkyl halides is 3. The number of H-pyrrole nitrogens is 1. The molecule has 29 heavy (non-hydrogen) atoms. The van der Waals surface area contributed by atoms with Gasteiger partial charge in [-0.25, -0.2) is 19.7 Å². The van der Waals surface area contributed by atoms with E-state index in [1.807, 2.05) is 17.9 Å². The van der Waals surface area contributed by atoms with Crippen molar-refractivity contribution in [3.05, 3.63) is 24.3 Å². The van der Waals surface area contributed by atoms with E-state index in [0.29, 0.717) is 41.7 Å². The fraction of sp³-hybridized carbons (Fsp3) is 0.444. The first-order valence-corrected chi connectivity index (χ1v) is 9.05. The van der Waals surface area contributed by atoms with Gasteiger partial charge in [0.05, 0.1) is 23.6 Å². The van der Waals surface area contributed by atoms with Crippen LogP contribution in [0.3, 0.4) is 0 Å². The third-order valence-electron chi connectivity index (χ3n) is 4.79. The summed E-state index contributed by atoms with van der Waals surface area (Å²) >= 11 is 0. The van der Waals surface area contributed by atoms with Crippen molar-refractivity contribution in [3.8, 4) is 0 Å². The Balaban J connectivity index is 1.56. The molecular formula is C18H19F3N6O2. The lowest BCUT2D eigenvalue weighted by Crippen LogP contribution is -2.38. The summed E-state index contributed by atoms with van der Waals surface area (Å²) in [6.45, 7) is 1.38. The molecule has 8 nitrogen and oxygen atoms in total. The monoisotopic (exact) mass is 408 g/mol. The average Bonchev–Trinajstić information content (AvgIpc) is 3.28. The Morgan fingerprint density at radius 2 is 2.21 bits per heavy atom. The molecule has 1 N–H and O–H groups in total. The van der Waals surface area contributed by atoms with Crippen LogP contribution >= 0.6 is 0 Å². The molecule has 4 heterocycles. The Hall–Kier alpha value is -3.11. The number of carbonyl (C=O) groups is 1. The summed E-state index contributed by atoms with van der Waals surface area (Å²) in [4.78, 5) is 30.8. The number of hydrogen-bond donors (Lipinski definition) is 1. The van der Waals surface area contributed by atoms with Crippen LogP contribution in [-0.4, -0.2) is 69.9 Å². The summed E-state index contributed by atoms with van der Waals surface area (Å²) in [7, 11) is 1.07. The minimum Gasteiger partial charge on any atom is -0.444 e. The fourth-order valence-corrected chi connectivity index (χ4v) is 3.54. The largest absolute Gasteiger partial charge is 0.444 e. The SMILES string of the molecule is Cc1nc(N2CCC(OC(=O)N(C)CC(F)(F)F)C2)c2c(cnc3nccc32)[nH]1. The van der Waals surface area contributed by atoms with Crippen molar-refractivity contribution in [3.63, 3.8) is 0 Å². The van der Waals surface area contributed by atoms with Gasteiger partial charge < -0.3 is 19.5 Å². The highest BCUT2D eigenvalue weighted by atomic mass is 19.4. The Morgan fingerprint density at radius 1 is 1.41 bits per heavy atom. The molecule has 1 aliphatic heterocycles. The lowest BCUT2D eigenvalue weighted by Gasteiger charge is -2.22. The number of amides is 1. The number of carbonyl (C=O) groups excluding carboxylic acids is 1. The van der Waals surface area contributed by atoms with Crippen molar-refractivity contribution in [1.29, 1.82) is 0 Å². The van der Waals surface area contributed by atoms with Crippen molar-refractivity contribution in [2.75, 3.05) is 31.6 Å². The lowest BCUT2D eigenvalue weighted by molar-refractivity contribution is -0.140. The maximum Gasteiger partial charge on any atom is 0.410 e. The van der Waals surface area contributed by atoms with Gasteiger partial charge in [-0.2, -0.15) is 13.2 Å². The van der Waals surface area contributed by atoms with E-state index in [0.717, 1.165) is 23.3 Å². The van der Waals surface area contributed by atoms with E-state index in [1.165, 1.54) is 0 Å². The van der Waals surface area contributed by atoms with Gasteiger partial charge in [0, 0.05) is 31.6 Å². The Bertz CT molecular complexity index is 1070. The van der Waals surface area contributed by atoms with Crippen LogP contribution in [0, 0.1) is 6.92 Å². The molecule has 0 spiro atoms. The zero-order valence-corrected chi connectivity index (χ0v) is 15.8. The number of aromatic nitrogens is 4. The van der Waals surface area contributed by atoms with E-state index < -0.39 is 24.9 Å². The number of nitrogens with zero attached hydrogens (tertiary/aromatic N) is 5. The lowest BCUT2D eigenvalue weighted by atomic mass is 10.2. The van der Waals surface area contributed by atoms with Crippen LogP contribution in [0.5, 0.6) is 0 Å². The number of halogens is 3. The molecule has 1 atom stereocenters. The summed E-state index contributed by atoms with van der Waals surface area (Å²) in [5.74, 6) is 1.40. The third-order valence-corrected chi connectivity index (χ3v) is 4.79. The molecule has 0 radical (unpaired) electrons. The van der Waals surface area contributed by atoms with Crippen molar-refractivity contribution in [1.82, 2.24) is 24.8 Å². The van der Waals surface area contributed by atoms with Gasteiger partial charge in [0.25, 0.3) is 0 Å². The second-order valence-electron chi connectivity index (χ2n) is 7.09. The molecule has 154 valence electrons. The van der Waals surface area contributed by atoms with Crippen molar-refractivity contribution in [2.24, 2.45) is 0 Å². The number of anilines is 1. The summed E-state index contributed by atoms with van der Waals surface area (Å²) in [5.41, 5.74) is 1.41. The molecule has 1 amide bonds. The maximum absolute atomic E-state index is 12.5. The van der Waals surface area contributed by atoms with Gasteiger partial charge in [0.2, 0.25) is 0 Å². The number of fused-ring (bicyclic) bond motifs is 3. The summed E-state index contributed by atoms with van der Waals surface area (Å²) in [5, 5.41) is 1.71. The third kappa shape index (κ3) is 3.89. The number of aryl methyl sites for hydroxylation is 1. The minimum absolute atomic E-state index is 0.342. The maximum atomic E-state index is 12.5.